The molecule has 0 aliphatic heterocycles. The van der Waals surface area contributed by atoms with Gasteiger partial charge in [0.25, 0.3) is 0 Å². The molecule has 1 unspecified atom stereocenters. The van der Waals surface area contributed by atoms with Gasteiger partial charge in [0.1, 0.15) is 0 Å². The van der Waals surface area contributed by atoms with Crippen LogP contribution in [0.25, 0.3) is 0 Å². The Hall–Kier alpha value is -1.87. The van der Waals surface area contributed by atoms with Crippen LogP contribution in [0.2, 0.25) is 0 Å². The minimum Gasteiger partial charge on any atom is -0.491 e. The fraction of sp³-hybridized carbons (Fsp3) is 0.294. The fourth-order valence-electron chi connectivity index (χ4n) is 2.02. The Kier molecular flexibility index (Phi) is 5.13. The van der Waals surface area contributed by atoms with Crippen molar-refractivity contribution in [3.05, 3.63) is 65.5 Å². The van der Waals surface area contributed by atoms with E-state index in [1.165, 1.54) is 11.6 Å². The van der Waals surface area contributed by atoms with Gasteiger partial charge in [-0.25, -0.2) is 4.39 Å². The Balaban J connectivity index is 1.82. The number of rotatable bonds is 6. The summed E-state index contributed by atoms with van der Waals surface area (Å²) < 4.78 is 19.3. The molecule has 0 saturated heterocycles. The van der Waals surface area contributed by atoms with Gasteiger partial charge in [-0.3, -0.25) is 0 Å². The number of hydrogen-bond acceptors (Lipinski definition) is 2. The van der Waals surface area contributed by atoms with E-state index in [9.17, 15) is 4.39 Å². The summed E-state index contributed by atoms with van der Waals surface area (Å²) in [7, 11) is 0. The lowest BCUT2D eigenvalue weighted by molar-refractivity contribution is 0.295. The number of benzene rings is 2. The van der Waals surface area contributed by atoms with Crippen LogP contribution in [-0.2, 0) is 6.42 Å². The maximum Gasteiger partial charge on any atom is 0.165 e. The Morgan fingerprint density at radius 3 is 2.55 bits per heavy atom. The van der Waals surface area contributed by atoms with Crippen molar-refractivity contribution >= 4 is 0 Å². The van der Waals surface area contributed by atoms with E-state index in [4.69, 9.17) is 10.5 Å². The van der Waals surface area contributed by atoms with Crippen LogP contribution in [0.4, 0.5) is 4.39 Å². The Labute approximate surface area is 119 Å². The van der Waals surface area contributed by atoms with Crippen LogP contribution in [0, 0.1) is 5.82 Å². The zero-order valence-electron chi connectivity index (χ0n) is 11.7. The summed E-state index contributed by atoms with van der Waals surface area (Å²) in [6.07, 6.45) is 1.79. The predicted octanol–water partition coefficient (Wildman–Crippen LogP) is 3.86. The highest BCUT2D eigenvalue weighted by atomic mass is 19.1. The quantitative estimate of drug-likeness (QED) is 0.811. The van der Waals surface area contributed by atoms with Crippen molar-refractivity contribution in [1.29, 1.82) is 0 Å². The molecule has 2 N–H and O–H groups in total. The normalized spacial score (nSPS) is 12.2. The first-order chi connectivity index (χ1) is 9.66. The summed E-state index contributed by atoms with van der Waals surface area (Å²) in [5, 5.41) is 0. The summed E-state index contributed by atoms with van der Waals surface area (Å²) in [6, 6.07) is 14.9. The topological polar surface area (TPSA) is 35.2 Å². The van der Waals surface area contributed by atoms with Crippen LogP contribution < -0.4 is 10.5 Å². The second kappa shape index (κ2) is 7.06. The lowest BCUT2D eigenvalue weighted by Crippen LogP contribution is -2.06. The van der Waals surface area contributed by atoms with E-state index < -0.39 is 0 Å². The molecule has 2 nitrogen and oxygen atoms in total. The lowest BCUT2D eigenvalue weighted by Gasteiger charge is -2.10. The summed E-state index contributed by atoms with van der Waals surface area (Å²) in [5.74, 6) is -0.0537. The van der Waals surface area contributed by atoms with Crippen LogP contribution in [0.15, 0.2) is 48.5 Å². The fourth-order valence-corrected chi connectivity index (χ4v) is 2.02. The largest absolute Gasteiger partial charge is 0.491 e. The van der Waals surface area contributed by atoms with Gasteiger partial charge in [-0.2, -0.15) is 0 Å². The van der Waals surface area contributed by atoms with Crippen LogP contribution >= 0.6 is 0 Å². The molecular formula is C17H20FNO. The van der Waals surface area contributed by atoms with Gasteiger partial charge < -0.3 is 10.5 Å². The molecule has 0 saturated carbocycles. The molecule has 2 rings (SSSR count). The van der Waals surface area contributed by atoms with Gasteiger partial charge in [0, 0.05) is 6.04 Å². The SMILES string of the molecule is CC(N)c1ccc(OCCCc2ccccc2)c(F)c1. The number of nitrogens with two attached hydrogens (primary N) is 1. The molecule has 0 aliphatic rings. The number of hydrogen-bond donors (Lipinski definition) is 1. The second-order valence-corrected chi connectivity index (χ2v) is 4.92. The van der Waals surface area contributed by atoms with E-state index in [-0.39, 0.29) is 11.9 Å². The lowest BCUT2D eigenvalue weighted by atomic mass is 10.1. The first-order valence-corrected chi connectivity index (χ1v) is 6.88. The van der Waals surface area contributed by atoms with Gasteiger partial charge in [0.2, 0.25) is 0 Å². The summed E-state index contributed by atoms with van der Waals surface area (Å²) >= 11 is 0. The molecule has 3 heteroatoms. The van der Waals surface area contributed by atoms with Crippen LogP contribution in [0.1, 0.15) is 30.5 Å². The number of aryl methyl sites for hydroxylation is 1. The van der Waals surface area contributed by atoms with E-state index in [0.29, 0.717) is 12.4 Å². The molecule has 2 aromatic rings. The Bertz CT molecular complexity index is 540. The molecule has 0 bridgehead atoms. The molecular weight excluding hydrogens is 253 g/mol. The molecule has 0 fully saturated rings. The molecule has 0 spiro atoms. The van der Waals surface area contributed by atoms with Gasteiger partial charge in [0.05, 0.1) is 6.61 Å². The summed E-state index contributed by atoms with van der Waals surface area (Å²) in [4.78, 5) is 0. The molecule has 0 aromatic heterocycles. The maximum absolute atomic E-state index is 13.8. The zero-order valence-corrected chi connectivity index (χ0v) is 11.7. The number of ether oxygens (including phenoxy) is 1. The number of halogens is 1. The molecule has 2 aromatic carbocycles. The Morgan fingerprint density at radius 2 is 1.90 bits per heavy atom. The highest BCUT2D eigenvalue weighted by Crippen LogP contribution is 2.21. The standard InChI is InChI=1S/C17H20FNO/c1-13(19)15-9-10-17(16(18)12-15)20-11-5-8-14-6-3-2-4-7-14/h2-4,6-7,9-10,12-13H,5,8,11,19H2,1H3. The van der Waals surface area contributed by atoms with Crippen molar-refractivity contribution in [2.24, 2.45) is 5.73 Å². The Morgan fingerprint density at radius 1 is 1.15 bits per heavy atom. The first-order valence-electron chi connectivity index (χ1n) is 6.88. The third kappa shape index (κ3) is 4.07. The molecule has 1 atom stereocenters. The van der Waals surface area contributed by atoms with E-state index in [0.717, 1.165) is 18.4 Å². The van der Waals surface area contributed by atoms with Crippen LogP contribution in [-0.4, -0.2) is 6.61 Å². The third-order valence-electron chi connectivity index (χ3n) is 3.19. The van der Waals surface area contributed by atoms with Gasteiger partial charge in [-0.05, 0) is 43.0 Å². The molecule has 0 amide bonds. The van der Waals surface area contributed by atoms with Crippen molar-refractivity contribution in [2.45, 2.75) is 25.8 Å². The van der Waals surface area contributed by atoms with Crippen LogP contribution in [0.5, 0.6) is 5.75 Å². The van der Waals surface area contributed by atoms with E-state index >= 15 is 0 Å². The van der Waals surface area contributed by atoms with Gasteiger partial charge in [-0.1, -0.05) is 36.4 Å². The summed E-state index contributed by atoms with van der Waals surface area (Å²) in [6.45, 7) is 2.33. The molecule has 20 heavy (non-hydrogen) atoms. The van der Waals surface area contributed by atoms with Crippen molar-refractivity contribution in [3.63, 3.8) is 0 Å². The molecule has 0 radical (unpaired) electrons. The highest BCUT2D eigenvalue weighted by Gasteiger charge is 2.07. The van der Waals surface area contributed by atoms with Gasteiger partial charge >= 0.3 is 0 Å². The molecule has 0 heterocycles. The maximum atomic E-state index is 13.8. The van der Waals surface area contributed by atoms with Crippen molar-refractivity contribution in [2.75, 3.05) is 6.61 Å². The van der Waals surface area contributed by atoms with E-state index in [2.05, 4.69) is 12.1 Å². The van der Waals surface area contributed by atoms with Gasteiger partial charge in [-0.15, -0.1) is 0 Å². The average Bonchev–Trinajstić information content (AvgIpc) is 2.46. The monoisotopic (exact) mass is 273 g/mol. The van der Waals surface area contributed by atoms with Gasteiger partial charge in [0.15, 0.2) is 11.6 Å². The first kappa shape index (κ1) is 14.5. The van der Waals surface area contributed by atoms with Crippen molar-refractivity contribution in [1.82, 2.24) is 0 Å². The third-order valence-corrected chi connectivity index (χ3v) is 3.19. The van der Waals surface area contributed by atoms with Crippen molar-refractivity contribution in [3.8, 4) is 5.75 Å². The predicted molar refractivity (Wildman–Crippen MR) is 79.3 cm³/mol. The van der Waals surface area contributed by atoms with E-state index in [1.807, 2.05) is 25.1 Å². The highest BCUT2D eigenvalue weighted by molar-refractivity contribution is 5.30. The van der Waals surface area contributed by atoms with Crippen LogP contribution in [0.3, 0.4) is 0 Å². The van der Waals surface area contributed by atoms with Crippen molar-refractivity contribution < 1.29 is 9.13 Å². The van der Waals surface area contributed by atoms with E-state index in [1.54, 1.807) is 12.1 Å². The molecule has 0 aliphatic carbocycles. The average molecular weight is 273 g/mol. The second-order valence-electron chi connectivity index (χ2n) is 4.92. The smallest absolute Gasteiger partial charge is 0.165 e. The molecule has 106 valence electrons. The zero-order chi connectivity index (χ0) is 14.4. The summed E-state index contributed by atoms with van der Waals surface area (Å²) in [5.41, 5.74) is 7.76. The minimum atomic E-state index is -0.348. The minimum absolute atomic E-state index is 0.170.